The molecule has 5 heteroatoms. The van der Waals surface area contributed by atoms with E-state index in [1.54, 1.807) is 11.0 Å². The zero-order chi connectivity index (χ0) is 19.9. The third-order valence-corrected chi connectivity index (χ3v) is 4.27. The second kappa shape index (κ2) is 9.04. The third kappa shape index (κ3) is 4.68. The lowest BCUT2D eigenvalue weighted by molar-refractivity contribution is -0.149. The number of esters is 1. The van der Waals surface area contributed by atoms with Crippen molar-refractivity contribution < 1.29 is 19.1 Å². The number of hydrogen-bond acceptors (Lipinski definition) is 4. The van der Waals surface area contributed by atoms with Crippen molar-refractivity contribution >= 4 is 28.3 Å². The second-order valence-electron chi connectivity index (χ2n) is 6.62. The lowest BCUT2D eigenvalue weighted by Crippen LogP contribution is -2.40. The van der Waals surface area contributed by atoms with E-state index in [1.807, 2.05) is 80.6 Å². The molecule has 0 unspecified atom stereocenters. The minimum Gasteiger partial charge on any atom is -0.481 e. The number of nitrogens with zero attached hydrogens (tertiary/aromatic N) is 1. The Hall–Kier alpha value is -3.34. The molecular formula is C23H23NO4. The largest absolute Gasteiger partial charge is 0.481 e. The Bertz CT molecular complexity index is 948. The minimum atomic E-state index is -0.585. The van der Waals surface area contributed by atoms with Crippen LogP contribution in [0.1, 0.15) is 13.8 Å². The maximum atomic E-state index is 12.5. The molecule has 3 rings (SSSR count). The number of fused-ring (bicyclic) bond motifs is 1. The van der Waals surface area contributed by atoms with Crippen molar-refractivity contribution in [2.45, 2.75) is 19.9 Å². The first kappa shape index (κ1) is 19.4. The highest BCUT2D eigenvalue weighted by atomic mass is 16.6. The molecule has 0 radical (unpaired) electrons. The van der Waals surface area contributed by atoms with Gasteiger partial charge in [0.25, 0.3) is 5.91 Å². The quantitative estimate of drug-likeness (QED) is 0.579. The molecule has 28 heavy (non-hydrogen) atoms. The van der Waals surface area contributed by atoms with Crippen LogP contribution in [-0.2, 0) is 14.3 Å². The van der Waals surface area contributed by atoms with Gasteiger partial charge in [0.1, 0.15) is 5.75 Å². The van der Waals surface area contributed by atoms with E-state index in [-0.39, 0.29) is 25.2 Å². The summed E-state index contributed by atoms with van der Waals surface area (Å²) in [5.74, 6) is -0.257. The summed E-state index contributed by atoms with van der Waals surface area (Å²) in [7, 11) is 0. The zero-order valence-corrected chi connectivity index (χ0v) is 16.0. The first-order valence-corrected chi connectivity index (χ1v) is 9.19. The summed E-state index contributed by atoms with van der Waals surface area (Å²) in [6.45, 7) is 3.24. The van der Waals surface area contributed by atoms with Gasteiger partial charge in [-0.2, -0.15) is 0 Å². The SMILES string of the molecule is CC(C)N(C(=O)COC(=O)COc1cccc2ccccc12)c1ccccc1. The molecule has 0 aromatic heterocycles. The summed E-state index contributed by atoms with van der Waals surface area (Å²) in [5.41, 5.74) is 0.769. The third-order valence-electron chi connectivity index (χ3n) is 4.27. The van der Waals surface area contributed by atoms with Crippen LogP contribution >= 0.6 is 0 Å². The van der Waals surface area contributed by atoms with Crippen molar-refractivity contribution in [1.29, 1.82) is 0 Å². The fourth-order valence-corrected chi connectivity index (χ4v) is 3.03. The molecule has 0 saturated heterocycles. The molecule has 3 aromatic rings. The normalized spacial score (nSPS) is 10.7. The topological polar surface area (TPSA) is 55.8 Å². The highest BCUT2D eigenvalue weighted by Crippen LogP contribution is 2.25. The van der Waals surface area contributed by atoms with E-state index < -0.39 is 5.97 Å². The van der Waals surface area contributed by atoms with E-state index in [4.69, 9.17) is 9.47 Å². The van der Waals surface area contributed by atoms with Crippen LogP contribution in [0.4, 0.5) is 5.69 Å². The molecule has 0 aliphatic heterocycles. The Morgan fingerprint density at radius 1 is 0.857 bits per heavy atom. The molecule has 5 nitrogen and oxygen atoms in total. The lowest BCUT2D eigenvalue weighted by atomic mass is 10.1. The van der Waals surface area contributed by atoms with Crippen molar-refractivity contribution in [3.05, 3.63) is 72.8 Å². The van der Waals surface area contributed by atoms with Crippen LogP contribution in [0.3, 0.4) is 0 Å². The number of para-hydroxylation sites is 1. The smallest absolute Gasteiger partial charge is 0.344 e. The molecule has 144 valence electrons. The summed E-state index contributed by atoms with van der Waals surface area (Å²) in [6, 6.07) is 22.7. The average Bonchev–Trinajstić information content (AvgIpc) is 2.71. The number of carbonyl (C=O) groups excluding carboxylic acids is 2. The van der Waals surface area contributed by atoms with Gasteiger partial charge in [-0.1, -0.05) is 54.6 Å². The van der Waals surface area contributed by atoms with Crippen LogP contribution in [0, 0.1) is 0 Å². The molecule has 0 fully saturated rings. The summed E-state index contributed by atoms with van der Waals surface area (Å²) < 4.78 is 10.7. The fourth-order valence-electron chi connectivity index (χ4n) is 3.03. The van der Waals surface area contributed by atoms with E-state index in [9.17, 15) is 9.59 Å². The first-order valence-electron chi connectivity index (χ1n) is 9.19. The van der Waals surface area contributed by atoms with Gasteiger partial charge in [0, 0.05) is 17.1 Å². The summed E-state index contributed by atoms with van der Waals surface area (Å²) in [6.07, 6.45) is 0. The predicted octanol–water partition coefficient (Wildman–Crippen LogP) is 4.20. The molecule has 0 heterocycles. The standard InChI is InChI=1S/C23H23NO4/c1-17(2)24(19-11-4-3-5-12-19)22(25)15-28-23(26)16-27-21-14-8-10-18-9-6-7-13-20(18)21/h3-14,17H,15-16H2,1-2H3. The van der Waals surface area contributed by atoms with E-state index in [0.717, 1.165) is 16.5 Å². The monoisotopic (exact) mass is 377 g/mol. The van der Waals surface area contributed by atoms with E-state index >= 15 is 0 Å². The van der Waals surface area contributed by atoms with Gasteiger partial charge in [-0.25, -0.2) is 4.79 Å². The fraction of sp³-hybridized carbons (Fsp3) is 0.217. The van der Waals surface area contributed by atoms with Crippen molar-refractivity contribution in [2.24, 2.45) is 0 Å². The predicted molar refractivity (Wildman–Crippen MR) is 109 cm³/mol. The van der Waals surface area contributed by atoms with E-state index in [1.165, 1.54) is 0 Å². The minimum absolute atomic E-state index is 0.0551. The molecule has 0 N–H and O–H groups in total. The van der Waals surface area contributed by atoms with Gasteiger partial charge in [0.05, 0.1) is 0 Å². The number of hydrogen-bond donors (Lipinski definition) is 0. The Kier molecular flexibility index (Phi) is 6.27. The first-order chi connectivity index (χ1) is 13.6. The highest BCUT2D eigenvalue weighted by molar-refractivity contribution is 5.95. The van der Waals surface area contributed by atoms with Gasteiger partial charge >= 0.3 is 5.97 Å². The summed E-state index contributed by atoms with van der Waals surface area (Å²) >= 11 is 0. The zero-order valence-electron chi connectivity index (χ0n) is 16.0. The molecular weight excluding hydrogens is 354 g/mol. The number of amides is 1. The number of carbonyl (C=O) groups is 2. The summed E-state index contributed by atoms with van der Waals surface area (Å²) in [4.78, 5) is 26.2. The molecule has 0 spiro atoms. The van der Waals surface area contributed by atoms with Crippen LogP contribution < -0.4 is 9.64 Å². The average molecular weight is 377 g/mol. The number of anilines is 1. The molecule has 0 aliphatic rings. The van der Waals surface area contributed by atoms with Crippen molar-refractivity contribution in [3.63, 3.8) is 0 Å². The molecule has 0 bridgehead atoms. The van der Waals surface area contributed by atoms with Crippen molar-refractivity contribution in [2.75, 3.05) is 18.1 Å². The van der Waals surface area contributed by atoms with Crippen molar-refractivity contribution in [1.82, 2.24) is 0 Å². The molecule has 3 aromatic carbocycles. The molecule has 0 atom stereocenters. The molecule has 0 saturated carbocycles. The second-order valence-corrected chi connectivity index (χ2v) is 6.62. The Labute approximate surface area is 164 Å². The van der Waals surface area contributed by atoms with Gasteiger partial charge in [-0.15, -0.1) is 0 Å². The van der Waals surface area contributed by atoms with Gasteiger partial charge in [-0.05, 0) is 37.4 Å². The molecule has 1 amide bonds. The van der Waals surface area contributed by atoms with Crippen LogP contribution in [0.5, 0.6) is 5.75 Å². The van der Waals surface area contributed by atoms with Gasteiger partial charge in [-0.3, -0.25) is 4.79 Å². The Balaban J connectivity index is 1.57. The van der Waals surface area contributed by atoms with Crippen LogP contribution in [0.15, 0.2) is 72.8 Å². The van der Waals surface area contributed by atoms with Gasteiger partial charge < -0.3 is 14.4 Å². The van der Waals surface area contributed by atoms with Gasteiger partial charge in [0.15, 0.2) is 13.2 Å². The van der Waals surface area contributed by atoms with E-state index in [2.05, 4.69) is 0 Å². The maximum absolute atomic E-state index is 12.5. The number of rotatable bonds is 7. The van der Waals surface area contributed by atoms with Crippen molar-refractivity contribution in [3.8, 4) is 5.75 Å². The lowest BCUT2D eigenvalue weighted by Gasteiger charge is -2.26. The number of benzene rings is 3. The maximum Gasteiger partial charge on any atom is 0.344 e. The highest BCUT2D eigenvalue weighted by Gasteiger charge is 2.20. The Morgan fingerprint density at radius 3 is 2.29 bits per heavy atom. The van der Waals surface area contributed by atoms with Gasteiger partial charge in [0.2, 0.25) is 0 Å². The van der Waals surface area contributed by atoms with Crippen LogP contribution in [-0.4, -0.2) is 31.1 Å². The summed E-state index contributed by atoms with van der Waals surface area (Å²) in [5, 5.41) is 1.95. The van der Waals surface area contributed by atoms with Crippen LogP contribution in [0.25, 0.3) is 10.8 Å². The Morgan fingerprint density at radius 2 is 1.54 bits per heavy atom. The number of ether oxygens (including phenoxy) is 2. The molecule has 0 aliphatic carbocycles. The van der Waals surface area contributed by atoms with Crippen LogP contribution in [0.2, 0.25) is 0 Å². The van der Waals surface area contributed by atoms with E-state index in [0.29, 0.717) is 5.75 Å².